The van der Waals surface area contributed by atoms with E-state index in [1.54, 1.807) is 0 Å². The van der Waals surface area contributed by atoms with E-state index in [-0.39, 0.29) is 16.7 Å². The van der Waals surface area contributed by atoms with Crippen molar-refractivity contribution in [2.45, 2.75) is 54.2 Å². The maximum absolute atomic E-state index is 9.49. The molecule has 0 fully saturated rings. The van der Waals surface area contributed by atoms with Gasteiger partial charge in [-0.2, -0.15) is 0 Å². The molecule has 2 nitrogen and oxygen atoms in total. The van der Waals surface area contributed by atoms with Crippen molar-refractivity contribution in [3.05, 3.63) is 0 Å². The van der Waals surface area contributed by atoms with E-state index in [2.05, 4.69) is 41.5 Å². The first-order chi connectivity index (χ1) is 5.54. The molecule has 2 heteroatoms. The van der Waals surface area contributed by atoms with Crippen LogP contribution < -0.4 is 5.73 Å². The molecule has 0 heterocycles. The van der Waals surface area contributed by atoms with E-state index >= 15 is 0 Å². The molecule has 0 aliphatic heterocycles. The van der Waals surface area contributed by atoms with Crippen LogP contribution in [-0.4, -0.2) is 11.3 Å². The highest BCUT2D eigenvalue weighted by atomic mass is 16.3. The zero-order valence-corrected chi connectivity index (χ0v) is 9.89. The van der Waals surface area contributed by atoms with E-state index < -0.39 is 6.23 Å². The SMILES string of the molecule is CC(C)(C)CC([C@@H](N)O)C(C)(C)C. The third-order valence-corrected chi connectivity index (χ3v) is 2.36. The minimum absolute atomic E-state index is 0.0709. The Hall–Kier alpha value is -0.0800. The van der Waals surface area contributed by atoms with Crippen LogP contribution in [0.4, 0.5) is 0 Å². The highest BCUT2D eigenvalue weighted by Gasteiger charge is 2.32. The maximum atomic E-state index is 9.49. The molecule has 13 heavy (non-hydrogen) atoms. The van der Waals surface area contributed by atoms with Gasteiger partial charge in [0, 0.05) is 5.92 Å². The summed E-state index contributed by atoms with van der Waals surface area (Å²) in [7, 11) is 0. The van der Waals surface area contributed by atoms with Crippen LogP contribution in [0.2, 0.25) is 0 Å². The number of hydrogen-bond donors (Lipinski definition) is 2. The van der Waals surface area contributed by atoms with Gasteiger partial charge in [-0.3, -0.25) is 0 Å². The van der Waals surface area contributed by atoms with Crippen molar-refractivity contribution in [3.63, 3.8) is 0 Å². The van der Waals surface area contributed by atoms with Gasteiger partial charge in [0.05, 0.1) is 0 Å². The summed E-state index contributed by atoms with van der Waals surface area (Å²) in [6.07, 6.45) is 0.243. The van der Waals surface area contributed by atoms with E-state index in [9.17, 15) is 5.11 Å². The molecule has 0 aliphatic rings. The van der Waals surface area contributed by atoms with Gasteiger partial charge in [-0.25, -0.2) is 0 Å². The Labute approximate surface area is 82.5 Å². The summed E-state index contributed by atoms with van der Waals surface area (Å²) in [6, 6.07) is 0. The van der Waals surface area contributed by atoms with Crippen LogP contribution in [0, 0.1) is 16.7 Å². The van der Waals surface area contributed by atoms with Crippen molar-refractivity contribution in [1.82, 2.24) is 0 Å². The van der Waals surface area contributed by atoms with E-state index in [1.165, 1.54) is 0 Å². The number of hydrogen-bond acceptors (Lipinski definition) is 2. The van der Waals surface area contributed by atoms with Crippen LogP contribution in [-0.2, 0) is 0 Å². The van der Waals surface area contributed by atoms with Gasteiger partial charge in [-0.1, -0.05) is 41.5 Å². The molecule has 0 aliphatic carbocycles. The predicted molar refractivity (Wildman–Crippen MR) is 57.2 cm³/mol. The molecule has 0 aromatic heterocycles. The van der Waals surface area contributed by atoms with Gasteiger partial charge in [-0.15, -0.1) is 0 Å². The van der Waals surface area contributed by atoms with Crippen molar-refractivity contribution in [2.24, 2.45) is 22.5 Å². The van der Waals surface area contributed by atoms with Gasteiger partial charge in [0.15, 0.2) is 0 Å². The molecular weight excluding hydrogens is 162 g/mol. The Morgan fingerprint density at radius 3 is 1.54 bits per heavy atom. The van der Waals surface area contributed by atoms with Crippen molar-refractivity contribution in [2.75, 3.05) is 0 Å². The summed E-state index contributed by atoms with van der Waals surface area (Å²) in [6.45, 7) is 12.9. The van der Waals surface area contributed by atoms with Crippen LogP contribution in [0.3, 0.4) is 0 Å². The average Bonchev–Trinajstić information content (AvgIpc) is 1.77. The summed E-state index contributed by atoms with van der Waals surface area (Å²) in [4.78, 5) is 0. The summed E-state index contributed by atoms with van der Waals surface area (Å²) >= 11 is 0. The Kier molecular flexibility index (Phi) is 3.95. The molecule has 0 rings (SSSR count). The average molecular weight is 187 g/mol. The van der Waals surface area contributed by atoms with E-state index in [4.69, 9.17) is 5.73 Å². The van der Waals surface area contributed by atoms with Gasteiger partial charge >= 0.3 is 0 Å². The molecule has 0 saturated carbocycles. The fourth-order valence-electron chi connectivity index (χ4n) is 1.60. The lowest BCUT2D eigenvalue weighted by Gasteiger charge is -2.37. The minimum atomic E-state index is -0.709. The molecular formula is C11H25NO. The van der Waals surface area contributed by atoms with Gasteiger partial charge in [0.2, 0.25) is 0 Å². The molecule has 0 radical (unpaired) electrons. The van der Waals surface area contributed by atoms with Crippen LogP contribution >= 0.6 is 0 Å². The van der Waals surface area contributed by atoms with Gasteiger partial charge in [0.25, 0.3) is 0 Å². The molecule has 1 unspecified atom stereocenters. The second kappa shape index (κ2) is 3.97. The monoisotopic (exact) mass is 187 g/mol. The zero-order valence-electron chi connectivity index (χ0n) is 9.89. The molecule has 2 atom stereocenters. The van der Waals surface area contributed by atoms with E-state index in [1.807, 2.05) is 0 Å². The van der Waals surface area contributed by atoms with Crippen LogP contribution in [0.5, 0.6) is 0 Å². The minimum Gasteiger partial charge on any atom is -0.379 e. The first kappa shape index (κ1) is 12.9. The Bertz CT molecular complexity index is 150. The molecule has 0 aromatic carbocycles. The second-order valence-corrected chi connectivity index (χ2v) is 6.23. The van der Waals surface area contributed by atoms with E-state index in [0.29, 0.717) is 0 Å². The Balaban J connectivity index is 4.47. The predicted octanol–water partition coefficient (Wildman–Crippen LogP) is 2.36. The van der Waals surface area contributed by atoms with Crippen LogP contribution in [0.25, 0.3) is 0 Å². The molecule has 3 N–H and O–H groups in total. The normalized spacial score (nSPS) is 18.5. The summed E-state index contributed by atoms with van der Waals surface area (Å²) in [5.74, 6) is 0.160. The number of aliphatic hydroxyl groups is 1. The Morgan fingerprint density at radius 2 is 1.46 bits per heavy atom. The lowest BCUT2D eigenvalue weighted by molar-refractivity contribution is 0.0210. The van der Waals surface area contributed by atoms with Crippen molar-refractivity contribution < 1.29 is 5.11 Å². The van der Waals surface area contributed by atoms with Crippen molar-refractivity contribution in [1.29, 1.82) is 0 Å². The number of rotatable bonds is 2. The smallest absolute Gasteiger partial charge is 0.105 e. The molecule has 0 amide bonds. The summed E-state index contributed by atoms with van der Waals surface area (Å²) < 4.78 is 0. The molecule has 0 saturated heterocycles. The third kappa shape index (κ3) is 5.27. The number of nitrogens with two attached hydrogens (primary N) is 1. The topological polar surface area (TPSA) is 46.2 Å². The summed E-state index contributed by atoms with van der Waals surface area (Å²) in [5, 5.41) is 9.49. The lowest BCUT2D eigenvalue weighted by Crippen LogP contribution is -2.40. The largest absolute Gasteiger partial charge is 0.379 e. The zero-order chi connectivity index (χ0) is 10.9. The molecule has 80 valence electrons. The number of aliphatic hydroxyl groups excluding tert-OH is 1. The fourth-order valence-corrected chi connectivity index (χ4v) is 1.60. The highest BCUT2D eigenvalue weighted by Crippen LogP contribution is 2.36. The van der Waals surface area contributed by atoms with E-state index in [0.717, 1.165) is 6.42 Å². The lowest BCUT2D eigenvalue weighted by atomic mass is 9.71. The fraction of sp³-hybridized carbons (Fsp3) is 1.00. The Morgan fingerprint density at radius 1 is 1.08 bits per heavy atom. The van der Waals surface area contributed by atoms with Crippen molar-refractivity contribution in [3.8, 4) is 0 Å². The quantitative estimate of drug-likeness (QED) is 0.652. The van der Waals surface area contributed by atoms with Gasteiger partial charge in [-0.05, 0) is 17.3 Å². The summed E-state index contributed by atoms with van der Waals surface area (Å²) in [5.41, 5.74) is 5.88. The standard InChI is InChI=1S/C11H25NO/c1-10(2,3)7-8(9(12)13)11(4,5)6/h8-9,13H,7,12H2,1-6H3/t8?,9-/m0/s1. The molecule has 0 bridgehead atoms. The second-order valence-electron chi connectivity index (χ2n) is 6.23. The maximum Gasteiger partial charge on any atom is 0.105 e. The highest BCUT2D eigenvalue weighted by molar-refractivity contribution is 4.81. The first-order valence-corrected chi connectivity index (χ1v) is 4.98. The van der Waals surface area contributed by atoms with Gasteiger partial charge < -0.3 is 10.8 Å². The molecule has 0 spiro atoms. The van der Waals surface area contributed by atoms with Gasteiger partial charge in [0.1, 0.15) is 6.23 Å². The third-order valence-electron chi connectivity index (χ3n) is 2.36. The first-order valence-electron chi connectivity index (χ1n) is 4.98. The van der Waals surface area contributed by atoms with Crippen LogP contribution in [0.15, 0.2) is 0 Å². The van der Waals surface area contributed by atoms with Crippen LogP contribution in [0.1, 0.15) is 48.0 Å². The van der Waals surface area contributed by atoms with Crippen molar-refractivity contribution >= 4 is 0 Å². The molecule has 0 aromatic rings.